The number of hydrogen-bond donors (Lipinski definition) is 1. The first-order valence-corrected chi connectivity index (χ1v) is 7.24. The van der Waals surface area contributed by atoms with Gasteiger partial charge in [0.05, 0.1) is 18.6 Å². The molecule has 0 radical (unpaired) electrons. The highest BCUT2D eigenvalue weighted by Gasteiger charge is 2.37. The van der Waals surface area contributed by atoms with E-state index >= 15 is 0 Å². The molecule has 0 amide bonds. The lowest BCUT2D eigenvalue weighted by Crippen LogP contribution is -2.30. The van der Waals surface area contributed by atoms with Gasteiger partial charge in [0.1, 0.15) is 23.2 Å². The summed E-state index contributed by atoms with van der Waals surface area (Å²) in [5.41, 5.74) is 1.02. The number of rotatable bonds is 3. The molecule has 118 valence electrons. The largest absolute Gasteiger partial charge is 0.497 e. The smallest absolute Gasteiger partial charge is 0.339 e. The Labute approximate surface area is 133 Å². The number of methoxy groups -OCH3 is 1. The van der Waals surface area contributed by atoms with Gasteiger partial charge in [0.25, 0.3) is 0 Å². The van der Waals surface area contributed by atoms with Crippen molar-refractivity contribution in [1.82, 2.24) is 0 Å². The Bertz CT molecular complexity index is 766. The van der Waals surface area contributed by atoms with Crippen LogP contribution in [0.5, 0.6) is 11.5 Å². The summed E-state index contributed by atoms with van der Waals surface area (Å²) in [5.74, 6) is -1.30. The molecule has 0 spiro atoms. The van der Waals surface area contributed by atoms with Crippen LogP contribution in [0.1, 0.15) is 39.3 Å². The zero-order valence-electron chi connectivity index (χ0n) is 12.8. The maximum atomic E-state index is 12.7. The minimum Gasteiger partial charge on any atom is -0.497 e. The van der Waals surface area contributed by atoms with Gasteiger partial charge >= 0.3 is 5.97 Å². The maximum Gasteiger partial charge on any atom is 0.339 e. The number of carbonyl (C=O) groups excluding carboxylic acids is 1. The molecule has 1 aliphatic heterocycles. The molecule has 1 aliphatic rings. The molecule has 0 unspecified atom stereocenters. The van der Waals surface area contributed by atoms with Crippen LogP contribution in [0.3, 0.4) is 0 Å². The van der Waals surface area contributed by atoms with Gasteiger partial charge in [0.15, 0.2) is 5.78 Å². The number of carboxylic acid groups (broad SMARTS) is 1. The number of hydrogen-bond acceptors (Lipinski definition) is 4. The van der Waals surface area contributed by atoms with E-state index in [0.717, 1.165) is 5.56 Å². The number of Topliss-reactive ketones (excluding diaryl/α,β-unsaturated/α-hetero) is 1. The summed E-state index contributed by atoms with van der Waals surface area (Å²) >= 11 is 0. The van der Waals surface area contributed by atoms with Crippen LogP contribution in [0, 0.1) is 5.92 Å². The Morgan fingerprint density at radius 1 is 1.22 bits per heavy atom. The Morgan fingerprint density at radius 3 is 2.52 bits per heavy atom. The number of ether oxygens (including phenoxy) is 2. The van der Waals surface area contributed by atoms with E-state index in [1.807, 2.05) is 30.3 Å². The Kier molecular flexibility index (Phi) is 3.78. The Hall–Kier alpha value is -2.82. The van der Waals surface area contributed by atoms with Crippen molar-refractivity contribution in [2.75, 3.05) is 7.11 Å². The topological polar surface area (TPSA) is 72.8 Å². The molecule has 5 heteroatoms. The zero-order valence-corrected chi connectivity index (χ0v) is 12.8. The fourth-order valence-corrected chi connectivity index (χ4v) is 2.80. The SMILES string of the molecule is COc1cc(C(=O)O)c2c(c1)C(=O)[C@@H](C)[C@@H](c1ccccc1)O2. The van der Waals surface area contributed by atoms with Gasteiger partial charge < -0.3 is 14.6 Å². The van der Waals surface area contributed by atoms with Gasteiger partial charge in [-0.1, -0.05) is 37.3 Å². The molecule has 2 aromatic rings. The van der Waals surface area contributed by atoms with Gasteiger partial charge in [-0.2, -0.15) is 0 Å². The van der Waals surface area contributed by atoms with Crippen LogP contribution >= 0.6 is 0 Å². The molecule has 0 aromatic heterocycles. The third kappa shape index (κ3) is 2.54. The van der Waals surface area contributed by atoms with E-state index in [-0.39, 0.29) is 22.7 Å². The van der Waals surface area contributed by atoms with Gasteiger partial charge in [-0.05, 0) is 17.7 Å². The van der Waals surface area contributed by atoms with Gasteiger partial charge in [-0.15, -0.1) is 0 Å². The summed E-state index contributed by atoms with van der Waals surface area (Å²) in [6.07, 6.45) is -0.511. The number of fused-ring (bicyclic) bond motifs is 1. The highest BCUT2D eigenvalue weighted by atomic mass is 16.5. The molecule has 0 saturated heterocycles. The van der Waals surface area contributed by atoms with Crippen molar-refractivity contribution in [2.45, 2.75) is 13.0 Å². The molecule has 1 heterocycles. The highest BCUT2D eigenvalue weighted by molar-refractivity contribution is 6.05. The van der Waals surface area contributed by atoms with E-state index in [0.29, 0.717) is 5.75 Å². The highest BCUT2D eigenvalue weighted by Crippen LogP contribution is 2.42. The van der Waals surface area contributed by atoms with Crippen LogP contribution in [0.25, 0.3) is 0 Å². The molecule has 23 heavy (non-hydrogen) atoms. The lowest BCUT2D eigenvalue weighted by atomic mass is 9.86. The second-order valence-corrected chi connectivity index (χ2v) is 5.46. The summed E-state index contributed by atoms with van der Waals surface area (Å²) < 4.78 is 11.0. The van der Waals surface area contributed by atoms with Crippen LogP contribution in [0.4, 0.5) is 0 Å². The molecule has 1 N–H and O–H groups in total. The molecular weight excluding hydrogens is 296 g/mol. The predicted octanol–water partition coefficient (Wildman–Crippen LogP) is 3.35. The van der Waals surface area contributed by atoms with Crippen LogP contribution in [-0.4, -0.2) is 24.0 Å². The van der Waals surface area contributed by atoms with Crippen LogP contribution < -0.4 is 9.47 Å². The van der Waals surface area contributed by atoms with E-state index in [9.17, 15) is 14.7 Å². The lowest BCUT2D eigenvalue weighted by molar-refractivity contribution is 0.0642. The first-order valence-electron chi connectivity index (χ1n) is 7.24. The standard InChI is InChI=1S/C18H16O5/c1-10-15(19)13-8-12(22-2)9-14(18(20)21)17(13)23-16(10)11-6-4-3-5-7-11/h3-10,16H,1-2H3,(H,20,21)/t10-,16+/m1/s1. The number of carboxylic acids is 1. The Balaban J connectivity index is 2.15. The van der Waals surface area contributed by atoms with Crippen molar-refractivity contribution in [2.24, 2.45) is 5.92 Å². The van der Waals surface area contributed by atoms with E-state index in [4.69, 9.17) is 9.47 Å². The van der Waals surface area contributed by atoms with Crippen LogP contribution in [0.15, 0.2) is 42.5 Å². The zero-order chi connectivity index (χ0) is 16.6. The van der Waals surface area contributed by atoms with Gasteiger partial charge in [0.2, 0.25) is 0 Å². The fraction of sp³-hybridized carbons (Fsp3) is 0.222. The molecule has 0 fully saturated rings. The molecule has 2 atom stereocenters. The lowest BCUT2D eigenvalue weighted by Gasteiger charge is -2.31. The summed E-state index contributed by atoms with van der Waals surface area (Å²) in [7, 11) is 1.43. The van der Waals surface area contributed by atoms with Crippen LogP contribution in [0.2, 0.25) is 0 Å². The summed E-state index contributed by atoms with van der Waals surface area (Å²) in [6.45, 7) is 1.78. The summed E-state index contributed by atoms with van der Waals surface area (Å²) in [5, 5.41) is 9.42. The van der Waals surface area contributed by atoms with Crippen molar-refractivity contribution in [3.8, 4) is 11.5 Å². The van der Waals surface area contributed by atoms with E-state index < -0.39 is 18.0 Å². The van der Waals surface area contributed by atoms with E-state index in [2.05, 4.69) is 0 Å². The quantitative estimate of drug-likeness (QED) is 0.941. The van der Waals surface area contributed by atoms with E-state index in [1.54, 1.807) is 6.92 Å². The monoisotopic (exact) mass is 312 g/mol. The minimum atomic E-state index is -1.16. The Morgan fingerprint density at radius 2 is 1.91 bits per heavy atom. The van der Waals surface area contributed by atoms with Gasteiger partial charge in [-0.25, -0.2) is 4.79 Å². The summed E-state index contributed by atoms with van der Waals surface area (Å²) in [4.78, 5) is 24.2. The normalized spacial score (nSPS) is 19.7. The summed E-state index contributed by atoms with van der Waals surface area (Å²) in [6, 6.07) is 12.2. The number of ketones is 1. The fourth-order valence-electron chi connectivity index (χ4n) is 2.80. The number of benzene rings is 2. The molecule has 0 aliphatic carbocycles. The molecular formula is C18H16O5. The predicted molar refractivity (Wildman–Crippen MR) is 83.3 cm³/mol. The molecule has 5 nitrogen and oxygen atoms in total. The minimum absolute atomic E-state index is 0.0690. The van der Waals surface area contributed by atoms with Gasteiger partial charge in [-0.3, -0.25) is 4.79 Å². The third-order valence-corrected chi connectivity index (χ3v) is 4.03. The molecule has 0 saturated carbocycles. The third-order valence-electron chi connectivity index (χ3n) is 4.03. The second-order valence-electron chi connectivity index (χ2n) is 5.46. The average Bonchev–Trinajstić information content (AvgIpc) is 2.57. The van der Waals surface area contributed by atoms with Gasteiger partial charge in [0, 0.05) is 0 Å². The van der Waals surface area contributed by atoms with Crippen molar-refractivity contribution in [1.29, 1.82) is 0 Å². The van der Waals surface area contributed by atoms with Crippen molar-refractivity contribution >= 4 is 11.8 Å². The second kappa shape index (κ2) is 5.76. The van der Waals surface area contributed by atoms with E-state index in [1.165, 1.54) is 19.2 Å². The molecule has 0 bridgehead atoms. The van der Waals surface area contributed by atoms with Crippen molar-refractivity contribution in [3.05, 3.63) is 59.2 Å². The molecule has 3 rings (SSSR count). The molecule has 2 aromatic carbocycles. The number of aromatic carboxylic acids is 1. The average molecular weight is 312 g/mol. The first kappa shape index (κ1) is 15.1. The van der Waals surface area contributed by atoms with Crippen LogP contribution in [-0.2, 0) is 0 Å². The maximum absolute atomic E-state index is 12.7. The van der Waals surface area contributed by atoms with Crippen molar-refractivity contribution in [3.63, 3.8) is 0 Å². The van der Waals surface area contributed by atoms with Crippen molar-refractivity contribution < 1.29 is 24.2 Å². The number of carbonyl (C=O) groups is 2. The first-order chi connectivity index (χ1) is 11.0.